The molecule has 0 saturated carbocycles. The van der Waals surface area contributed by atoms with Crippen molar-refractivity contribution in [1.82, 2.24) is 4.57 Å². The normalized spacial score (nSPS) is 10.8. The number of nitrogens with zero attached hydrogens (tertiary/aromatic N) is 1. The fraction of sp³-hybridized carbons (Fsp3) is 0.0588. The summed E-state index contributed by atoms with van der Waals surface area (Å²) in [7, 11) is 0. The van der Waals surface area contributed by atoms with Crippen LogP contribution in [0.2, 0.25) is 15.1 Å². The summed E-state index contributed by atoms with van der Waals surface area (Å²) < 4.78 is 1.65. The van der Waals surface area contributed by atoms with Crippen LogP contribution in [0.5, 0.6) is 0 Å². The third kappa shape index (κ3) is 3.41. The van der Waals surface area contributed by atoms with Crippen LogP contribution in [-0.4, -0.2) is 10.5 Å². The molecule has 0 radical (unpaired) electrons. The van der Waals surface area contributed by atoms with Crippen LogP contribution in [0, 0.1) is 0 Å². The Kier molecular flexibility index (Phi) is 4.81. The van der Waals surface area contributed by atoms with Crippen molar-refractivity contribution in [1.29, 1.82) is 0 Å². The second-order valence-electron chi connectivity index (χ2n) is 5.12. The van der Waals surface area contributed by atoms with Gasteiger partial charge < -0.3 is 9.88 Å². The van der Waals surface area contributed by atoms with Gasteiger partial charge in [-0.05, 0) is 30.3 Å². The van der Waals surface area contributed by atoms with E-state index in [1.165, 1.54) is 6.07 Å². The van der Waals surface area contributed by atoms with Crippen LogP contribution in [0.15, 0.2) is 53.5 Å². The van der Waals surface area contributed by atoms with Crippen molar-refractivity contribution in [2.24, 2.45) is 0 Å². The average molecular weight is 382 g/mol. The molecule has 2 aromatic carbocycles. The van der Waals surface area contributed by atoms with E-state index in [2.05, 4.69) is 5.32 Å². The second-order valence-corrected chi connectivity index (χ2v) is 6.34. The van der Waals surface area contributed by atoms with Crippen molar-refractivity contribution in [2.45, 2.75) is 6.54 Å². The molecule has 0 aliphatic rings. The van der Waals surface area contributed by atoms with Gasteiger partial charge in [-0.3, -0.25) is 9.59 Å². The summed E-state index contributed by atoms with van der Waals surface area (Å²) in [6, 6.07) is 11.3. The molecule has 0 saturated heterocycles. The molecule has 0 atom stereocenters. The number of anilines is 1. The quantitative estimate of drug-likeness (QED) is 0.721. The number of benzene rings is 2. The Morgan fingerprint density at radius 2 is 1.88 bits per heavy atom. The minimum atomic E-state index is -0.302. The molecule has 0 fully saturated rings. The molecule has 0 unspecified atom stereocenters. The van der Waals surface area contributed by atoms with Crippen molar-refractivity contribution < 1.29 is 4.79 Å². The van der Waals surface area contributed by atoms with Gasteiger partial charge in [0.2, 0.25) is 5.91 Å². The van der Waals surface area contributed by atoms with Gasteiger partial charge in [0, 0.05) is 22.7 Å². The molecule has 1 N–H and O–H groups in total. The molecule has 3 aromatic rings. The zero-order valence-electron chi connectivity index (χ0n) is 12.2. The second kappa shape index (κ2) is 6.85. The van der Waals surface area contributed by atoms with Crippen LogP contribution in [-0.2, 0) is 11.3 Å². The number of amides is 1. The Morgan fingerprint density at radius 3 is 2.67 bits per heavy atom. The molecular formula is C17H11Cl3N2O2. The van der Waals surface area contributed by atoms with Gasteiger partial charge in [-0.1, -0.05) is 40.9 Å². The topological polar surface area (TPSA) is 51.1 Å². The van der Waals surface area contributed by atoms with Gasteiger partial charge in [0.25, 0.3) is 0 Å². The van der Waals surface area contributed by atoms with Crippen LogP contribution < -0.4 is 10.7 Å². The minimum Gasteiger partial charge on any atom is -0.338 e. The number of halogens is 3. The molecule has 4 nitrogen and oxygen atoms in total. The highest BCUT2D eigenvalue weighted by atomic mass is 35.5. The van der Waals surface area contributed by atoms with Crippen molar-refractivity contribution in [3.8, 4) is 0 Å². The Morgan fingerprint density at radius 1 is 1.08 bits per heavy atom. The molecule has 122 valence electrons. The van der Waals surface area contributed by atoms with Crippen molar-refractivity contribution in [2.75, 3.05) is 5.32 Å². The molecule has 1 aromatic heterocycles. The number of carbonyl (C=O) groups is 1. The van der Waals surface area contributed by atoms with E-state index in [1.54, 1.807) is 47.2 Å². The number of aromatic nitrogens is 1. The summed E-state index contributed by atoms with van der Waals surface area (Å²) in [5.74, 6) is -0.302. The number of fused-ring (bicyclic) bond motifs is 1. The zero-order valence-corrected chi connectivity index (χ0v) is 14.5. The predicted octanol–water partition coefficient (Wildman–Crippen LogP) is 4.60. The first-order chi connectivity index (χ1) is 11.5. The summed E-state index contributed by atoms with van der Waals surface area (Å²) in [5.41, 5.74) is 0.885. The first-order valence-corrected chi connectivity index (χ1v) is 8.11. The third-order valence-electron chi connectivity index (χ3n) is 3.48. The van der Waals surface area contributed by atoms with Gasteiger partial charge in [-0.15, -0.1) is 0 Å². The fourth-order valence-electron chi connectivity index (χ4n) is 2.36. The maximum atomic E-state index is 12.3. The number of rotatable bonds is 3. The minimum absolute atomic E-state index is 0.0000353. The van der Waals surface area contributed by atoms with Crippen LogP contribution >= 0.6 is 34.8 Å². The van der Waals surface area contributed by atoms with Crippen LogP contribution in [0.4, 0.5) is 5.69 Å². The Balaban J connectivity index is 1.91. The molecule has 0 aliphatic carbocycles. The van der Waals surface area contributed by atoms with Crippen molar-refractivity contribution in [3.05, 3.63) is 74.0 Å². The molecular weight excluding hydrogens is 371 g/mol. The van der Waals surface area contributed by atoms with Gasteiger partial charge in [0.15, 0.2) is 5.43 Å². The fourth-order valence-corrected chi connectivity index (χ4v) is 2.88. The van der Waals surface area contributed by atoms with Crippen LogP contribution in [0.25, 0.3) is 10.9 Å². The van der Waals surface area contributed by atoms with E-state index in [1.807, 2.05) is 0 Å². The van der Waals surface area contributed by atoms with Crippen molar-refractivity contribution in [3.63, 3.8) is 0 Å². The lowest BCUT2D eigenvalue weighted by Gasteiger charge is -2.12. The maximum Gasteiger partial charge on any atom is 0.244 e. The van der Waals surface area contributed by atoms with E-state index in [0.717, 1.165) is 0 Å². The molecule has 1 heterocycles. The first-order valence-electron chi connectivity index (χ1n) is 6.98. The highest BCUT2D eigenvalue weighted by Crippen LogP contribution is 2.29. The zero-order chi connectivity index (χ0) is 17.3. The number of hydrogen-bond acceptors (Lipinski definition) is 2. The summed E-state index contributed by atoms with van der Waals surface area (Å²) in [4.78, 5) is 24.2. The number of hydrogen-bond donors (Lipinski definition) is 1. The molecule has 0 bridgehead atoms. The largest absolute Gasteiger partial charge is 0.338 e. The van der Waals surface area contributed by atoms with E-state index >= 15 is 0 Å². The van der Waals surface area contributed by atoms with Crippen LogP contribution in [0.3, 0.4) is 0 Å². The lowest BCUT2D eigenvalue weighted by Crippen LogP contribution is -2.20. The summed E-state index contributed by atoms with van der Waals surface area (Å²) in [6.07, 6.45) is 1.56. The average Bonchev–Trinajstić information content (AvgIpc) is 2.54. The number of pyridine rings is 1. The summed E-state index contributed by atoms with van der Waals surface area (Å²) >= 11 is 18.0. The van der Waals surface area contributed by atoms with E-state index in [4.69, 9.17) is 34.8 Å². The summed E-state index contributed by atoms with van der Waals surface area (Å²) in [6.45, 7) is -0.0000353. The number of carbonyl (C=O) groups excluding carboxylic acids is 1. The van der Waals surface area contributed by atoms with Gasteiger partial charge in [-0.25, -0.2) is 0 Å². The highest BCUT2D eigenvalue weighted by Gasteiger charge is 2.11. The highest BCUT2D eigenvalue weighted by molar-refractivity contribution is 6.44. The first kappa shape index (κ1) is 16.8. The lowest BCUT2D eigenvalue weighted by atomic mass is 10.2. The van der Waals surface area contributed by atoms with E-state index < -0.39 is 0 Å². The molecule has 0 aliphatic heterocycles. The van der Waals surface area contributed by atoms with E-state index in [0.29, 0.717) is 26.6 Å². The van der Waals surface area contributed by atoms with Gasteiger partial charge >= 0.3 is 0 Å². The monoisotopic (exact) mass is 380 g/mol. The third-order valence-corrected chi connectivity index (χ3v) is 4.53. The Labute approximate surface area is 152 Å². The Hall–Kier alpha value is -2.01. The van der Waals surface area contributed by atoms with Crippen molar-refractivity contribution >= 4 is 57.3 Å². The lowest BCUT2D eigenvalue weighted by molar-refractivity contribution is -0.116. The van der Waals surface area contributed by atoms with Crippen LogP contribution in [0.1, 0.15) is 0 Å². The number of nitrogens with one attached hydrogen (secondary N) is 1. The van der Waals surface area contributed by atoms with E-state index in [-0.39, 0.29) is 22.9 Å². The molecule has 1 amide bonds. The molecule has 3 rings (SSSR count). The SMILES string of the molecule is O=C(Cn1ccc(=O)c2ccc(Cl)cc21)Nc1cccc(Cl)c1Cl. The smallest absolute Gasteiger partial charge is 0.244 e. The molecule has 24 heavy (non-hydrogen) atoms. The van der Waals surface area contributed by atoms with Gasteiger partial charge in [-0.2, -0.15) is 0 Å². The summed E-state index contributed by atoms with van der Waals surface area (Å²) in [5, 5.41) is 4.32. The predicted molar refractivity (Wildman–Crippen MR) is 98.3 cm³/mol. The standard InChI is InChI=1S/C17H11Cl3N2O2/c18-10-4-5-11-14(8-10)22(7-6-15(11)23)9-16(24)21-13-3-1-2-12(19)17(13)20/h1-8H,9H2,(H,21,24). The maximum absolute atomic E-state index is 12.3. The molecule has 0 spiro atoms. The molecule has 7 heteroatoms. The Bertz CT molecular complexity index is 999. The van der Waals surface area contributed by atoms with Gasteiger partial charge in [0.05, 0.1) is 21.2 Å². The van der Waals surface area contributed by atoms with E-state index in [9.17, 15) is 9.59 Å². The van der Waals surface area contributed by atoms with Gasteiger partial charge in [0.1, 0.15) is 6.54 Å².